The van der Waals surface area contributed by atoms with Crippen LogP contribution >= 0.6 is 0 Å². The molecule has 0 bridgehead atoms. The Kier molecular flexibility index (Phi) is 21.5. The molecule has 1 amide bonds. The monoisotopic (exact) mass is 836 g/mol. The van der Waals surface area contributed by atoms with Crippen LogP contribution in [0.3, 0.4) is 0 Å². The largest absolute Gasteiger partial charge is 0.463 e. The lowest BCUT2D eigenvalue weighted by atomic mass is 10.1. The van der Waals surface area contributed by atoms with E-state index in [0.717, 1.165) is 20.8 Å². The second-order valence-corrected chi connectivity index (χ2v) is 10.9. The molecule has 0 saturated carbocycles. The number of ether oxygens (including phenoxy) is 7. The van der Waals surface area contributed by atoms with Gasteiger partial charge >= 0.3 is 41.8 Å². The Hall–Kier alpha value is -7.42. The van der Waals surface area contributed by atoms with Gasteiger partial charge in [-0.05, 0) is 51.3 Å². The van der Waals surface area contributed by atoms with Crippen LogP contribution in [0.1, 0.15) is 39.2 Å². The molecule has 0 aromatic heterocycles. The van der Waals surface area contributed by atoms with Crippen molar-refractivity contribution in [2.45, 2.75) is 64.4 Å². The Morgan fingerprint density at radius 2 is 1.14 bits per heavy atom. The summed E-state index contributed by atoms with van der Waals surface area (Å²) in [5.74, 6) is -9.55. The number of hydrogen-bond donors (Lipinski definition) is 1. The van der Waals surface area contributed by atoms with Crippen LogP contribution in [0.2, 0.25) is 0 Å². The van der Waals surface area contributed by atoms with Gasteiger partial charge in [0.1, 0.15) is 11.8 Å². The van der Waals surface area contributed by atoms with E-state index in [1.54, 1.807) is 0 Å². The molecule has 0 radical (unpaired) electrons. The molecule has 1 aromatic rings. The molecule has 0 aliphatic heterocycles. The second kappa shape index (κ2) is 25.6. The van der Waals surface area contributed by atoms with Crippen LogP contribution in [0.15, 0.2) is 24.3 Å². The highest BCUT2D eigenvalue weighted by atomic mass is 17.0. The van der Waals surface area contributed by atoms with Gasteiger partial charge in [0.15, 0.2) is 38.6 Å². The summed E-state index contributed by atoms with van der Waals surface area (Å²) in [6.07, 6.45) is -4.53. The van der Waals surface area contributed by atoms with Crippen molar-refractivity contribution in [2.75, 3.05) is 39.6 Å². The van der Waals surface area contributed by atoms with Crippen LogP contribution in [0.25, 0.3) is 0 Å². The lowest BCUT2D eigenvalue weighted by Crippen LogP contribution is -2.45. The third-order valence-electron chi connectivity index (χ3n) is 6.36. The van der Waals surface area contributed by atoms with E-state index in [-0.39, 0.29) is 43.8 Å². The summed E-state index contributed by atoms with van der Waals surface area (Å²) in [6, 6.07) is 3.43. The van der Waals surface area contributed by atoms with Gasteiger partial charge in [-0.15, -0.1) is 30.3 Å². The number of rotatable bonds is 27. The zero-order valence-corrected chi connectivity index (χ0v) is 30.6. The summed E-state index contributed by atoms with van der Waals surface area (Å²) in [7, 11) is 0. The van der Waals surface area contributed by atoms with Crippen molar-refractivity contribution in [3.05, 3.63) is 60.2 Å². The third-order valence-corrected chi connectivity index (χ3v) is 6.36. The van der Waals surface area contributed by atoms with E-state index < -0.39 is 114 Å². The highest BCUT2D eigenvalue weighted by molar-refractivity contribution is 5.87. The maximum atomic E-state index is 12.8. The van der Waals surface area contributed by atoms with Gasteiger partial charge in [-0.2, -0.15) is 0 Å². The van der Waals surface area contributed by atoms with Crippen LogP contribution in [0, 0.1) is 30.3 Å². The summed E-state index contributed by atoms with van der Waals surface area (Å²) in [4.78, 5) is 140. The van der Waals surface area contributed by atoms with Gasteiger partial charge in [0.05, 0.1) is 13.2 Å². The number of carbonyl (C=O) groups is 8. The molecule has 0 heterocycles. The number of esters is 7. The predicted molar refractivity (Wildman–Crippen MR) is 175 cm³/mol. The average Bonchev–Trinajstić information content (AvgIpc) is 3.15. The molecule has 1 aromatic carbocycles. The quantitative estimate of drug-likeness (QED) is 0.0262. The van der Waals surface area contributed by atoms with Gasteiger partial charge in [-0.1, -0.05) is 12.1 Å². The van der Waals surface area contributed by atoms with Crippen molar-refractivity contribution in [1.29, 1.82) is 0 Å². The highest BCUT2D eigenvalue weighted by Gasteiger charge is 2.27. The molecule has 0 fully saturated rings. The molecule has 1 rings (SSSR count). The van der Waals surface area contributed by atoms with E-state index in [0.29, 0.717) is 0 Å². The number of carbonyl (C=O) groups excluding carboxylic acids is 8. The predicted octanol–water partition coefficient (Wildman–Crippen LogP) is -1.55. The van der Waals surface area contributed by atoms with Crippen molar-refractivity contribution in [2.24, 2.45) is 0 Å². The first-order valence-electron chi connectivity index (χ1n) is 16.3. The topological polar surface area (TPSA) is 370 Å². The fraction of sp³-hybridized carbons (Fsp3) is 0.533. The molecule has 28 heteroatoms. The van der Waals surface area contributed by atoms with Crippen molar-refractivity contribution < 1.29 is 101 Å². The number of amides is 1. The molecular weight excluding hydrogens is 800 g/mol. The van der Waals surface area contributed by atoms with Crippen LogP contribution in [0.5, 0.6) is 5.75 Å². The van der Waals surface area contributed by atoms with E-state index in [2.05, 4.69) is 29.3 Å². The second-order valence-electron chi connectivity index (χ2n) is 10.9. The summed E-state index contributed by atoms with van der Waals surface area (Å²) < 4.78 is 33.4. The molecule has 320 valence electrons. The zero-order chi connectivity index (χ0) is 43.8. The Balaban J connectivity index is 2.64. The maximum Gasteiger partial charge on any atom is 0.352 e. The first-order chi connectivity index (χ1) is 27.3. The summed E-state index contributed by atoms with van der Waals surface area (Å²) in [5, 5.41) is 29.5. The number of nitrogens with zero attached hydrogens (tertiary/aromatic N) is 3. The Morgan fingerprint density at radius 3 is 1.72 bits per heavy atom. The minimum Gasteiger partial charge on any atom is -0.463 e. The van der Waals surface area contributed by atoms with Gasteiger partial charge in [0.25, 0.3) is 15.3 Å². The van der Waals surface area contributed by atoms with E-state index in [4.69, 9.17) is 23.7 Å². The molecule has 0 saturated heterocycles. The normalized spacial score (nSPS) is 12.3. The third kappa shape index (κ3) is 21.5. The summed E-state index contributed by atoms with van der Waals surface area (Å²) in [6.45, 7) is -1.41. The van der Waals surface area contributed by atoms with Gasteiger partial charge < -0.3 is 48.2 Å². The van der Waals surface area contributed by atoms with Crippen molar-refractivity contribution in [1.82, 2.24) is 5.32 Å². The fourth-order valence-electron chi connectivity index (χ4n) is 3.66. The smallest absolute Gasteiger partial charge is 0.352 e. The molecule has 58 heavy (non-hydrogen) atoms. The van der Waals surface area contributed by atoms with Crippen molar-refractivity contribution in [3.8, 4) is 5.75 Å². The summed E-state index contributed by atoms with van der Waals surface area (Å²) in [5.41, 5.74) is 0.260. The van der Waals surface area contributed by atoms with Gasteiger partial charge in [-0.25, -0.2) is 33.6 Å². The van der Waals surface area contributed by atoms with Crippen LogP contribution in [0.4, 0.5) is 0 Å². The van der Waals surface area contributed by atoms with E-state index >= 15 is 0 Å². The van der Waals surface area contributed by atoms with Gasteiger partial charge in [0.2, 0.25) is 12.0 Å². The Morgan fingerprint density at radius 1 is 0.586 bits per heavy atom. The fourth-order valence-corrected chi connectivity index (χ4v) is 3.66. The average molecular weight is 837 g/mol. The minimum absolute atomic E-state index is 0.101. The molecule has 4 unspecified atom stereocenters. The Bertz CT molecular complexity index is 1650. The van der Waals surface area contributed by atoms with Crippen LogP contribution in [-0.4, -0.2) is 127 Å². The minimum atomic E-state index is -1.63. The molecule has 0 aliphatic rings. The van der Waals surface area contributed by atoms with E-state index in [1.807, 2.05) is 0 Å². The van der Waals surface area contributed by atoms with Crippen molar-refractivity contribution >= 4 is 47.7 Å². The van der Waals surface area contributed by atoms with Crippen molar-refractivity contribution in [3.63, 3.8) is 0 Å². The first kappa shape index (κ1) is 48.6. The summed E-state index contributed by atoms with van der Waals surface area (Å²) >= 11 is 0. The molecular formula is C30H36N4O24. The lowest BCUT2D eigenvalue weighted by Gasteiger charge is -2.18. The molecule has 28 nitrogen and oxygen atoms in total. The van der Waals surface area contributed by atoms with E-state index in [9.17, 15) is 68.7 Å². The van der Waals surface area contributed by atoms with E-state index in [1.165, 1.54) is 24.3 Å². The first-order valence-corrected chi connectivity index (χ1v) is 16.3. The van der Waals surface area contributed by atoms with Crippen LogP contribution in [-0.2, 0) is 87.7 Å². The van der Waals surface area contributed by atoms with Gasteiger partial charge in [0, 0.05) is 6.42 Å². The molecule has 0 aliphatic carbocycles. The number of nitrogens with one attached hydrogen (secondary N) is 1. The van der Waals surface area contributed by atoms with Gasteiger partial charge in [-0.3, -0.25) is 9.63 Å². The standard InChI is InChI=1S/C30H36N4O24/c1-17(27(39)49-10-4-5-11-53-32(43)44)55-26(38)16-51-24(36)14-50-25(37)15-52-30(42)22(31-23(35)13-54-33(45)46)12-20-6-8-21(9-7-20)57-28(40)18(2)56-29(41)19(3)58-34(47)48/h6-9,17-19,22H,4-5,10-16H2,1-3H3,(H,31,35). The maximum absolute atomic E-state index is 12.8. The number of hydrogen-bond acceptors (Lipinski definition) is 24. The number of benzene rings is 1. The van der Waals surface area contributed by atoms with Crippen LogP contribution < -0.4 is 10.1 Å². The zero-order valence-electron chi connectivity index (χ0n) is 30.6. The SMILES string of the molecule is CC(OC(=O)COC(=O)COC(=O)COC(=O)C(Cc1ccc(OC(=O)C(C)OC(=O)C(C)O[N+](=O)[O-])cc1)NC(=O)CO[N+](=O)[O-])C(=O)OCCCCO[N+](=O)[O-]. The lowest BCUT2D eigenvalue weighted by molar-refractivity contribution is -0.764. The Labute approximate surface area is 324 Å². The molecule has 4 atom stereocenters. The number of unbranched alkanes of at least 4 members (excludes halogenated alkanes) is 1. The highest BCUT2D eigenvalue weighted by Crippen LogP contribution is 2.16. The molecule has 1 N–H and O–H groups in total. The molecule has 0 spiro atoms.